The van der Waals surface area contributed by atoms with E-state index in [2.05, 4.69) is 10.2 Å². The third-order valence-electron chi connectivity index (χ3n) is 4.79. The number of rotatable bonds is 7. The van der Waals surface area contributed by atoms with Gasteiger partial charge in [-0.25, -0.2) is 13.6 Å². The van der Waals surface area contributed by atoms with Crippen LogP contribution in [-0.2, 0) is 28.0 Å². The van der Waals surface area contributed by atoms with Crippen molar-refractivity contribution in [3.8, 4) is 22.4 Å². The third kappa shape index (κ3) is 5.03. The molecule has 0 aliphatic rings. The quantitative estimate of drug-likeness (QED) is 0.421. The van der Waals surface area contributed by atoms with Gasteiger partial charge in [-0.05, 0) is 35.4 Å². The van der Waals surface area contributed by atoms with Crippen molar-refractivity contribution in [2.24, 2.45) is 5.14 Å². The minimum atomic E-state index is -3.76. The van der Waals surface area contributed by atoms with Crippen LogP contribution in [0.5, 0.6) is 0 Å². The maximum Gasteiger partial charge on any atom is 0.238 e. The van der Waals surface area contributed by atoms with Crippen molar-refractivity contribution in [2.45, 2.75) is 18.1 Å². The molecule has 0 radical (unpaired) electrons. The number of hydrogen-bond donors (Lipinski definition) is 2. The van der Waals surface area contributed by atoms with Crippen molar-refractivity contribution in [1.29, 1.82) is 0 Å². The fourth-order valence-electron chi connectivity index (χ4n) is 3.27. The van der Waals surface area contributed by atoms with Crippen LogP contribution < -0.4 is 5.14 Å². The zero-order valence-corrected chi connectivity index (χ0v) is 18.0. The highest BCUT2D eigenvalue weighted by Crippen LogP contribution is 2.34. The molecular formula is C23H20ClN3O3S. The molecule has 158 valence electrons. The van der Waals surface area contributed by atoms with Gasteiger partial charge in [-0.3, -0.25) is 5.10 Å². The summed E-state index contributed by atoms with van der Waals surface area (Å²) in [6.07, 6.45) is 0. The Balaban J connectivity index is 1.67. The molecule has 0 aliphatic carbocycles. The van der Waals surface area contributed by atoms with Crippen LogP contribution in [-0.4, -0.2) is 18.6 Å². The molecule has 1 aromatic heterocycles. The van der Waals surface area contributed by atoms with Crippen LogP contribution in [0.3, 0.4) is 0 Å². The fourth-order valence-corrected chi connectivity index (χ4v) is 3.91. The number of nitrogens with two attached hydrogens (primary N) is 1. The first-order valence-electron chi connectivity index (χ1n) is 9.50. The molecule has 1 heterocycles. The molecule has 6 nitrogen and oxygen atoms in total. The number of hydrogen-bond acceptors (Lipinski definition) is 4. The van der Waals surface area contributed by atoms with E-state index in [-0.39, 0.29) is 4.90 Å². The molecule has 0 aliphatic heterocycles. The number of nitrogens with one attached hydrogen (secondary N) is 1. The van der Waals surface area contributed by atoms with E-state index in [4.69, 9.17) is 21.5 Å². The molecular weight excluding hydrogens is 434 g/mol. The summed E-state index contributed by atoms with van der Waals surface area (Å²) < 4.78 is 29.0. The van der Waals surface area contributed by atoms with Crippen molar-refractivity contribution >= 4 is 21.6 Å². The van der Waals surface area contributed by atoms with Crippen LogP contribution in [0.25, 0.3) is 22.4 Å². The lowest BCUT2D eigenvalue weighted by Gasteiger charge is -2.09. The molecule has 0 atom stereocenters. The Kier molecular flexibility index (Phi) is 6.20. The van der Waals surface area contributed by atoms with Crippen LogP contribution in [0.2, 0.25) is 5.02 Å². The Hall–Kier alpha value is -2.97. The van der Waals surface area contributed by atoms with Gasteiger partial charge in [0.25, 0.3) is 0 Å². The van der Waals surface area contributed by atoms with Crippen molar-refractivity contribution in [3.05, 3.63) is 95.1 Å². The Labute approximate surface area is 185 Å². The first kappa shape index (κ1) is 21.3. The molecule has 4 rings (SSSR count). The van der Waals surface area contributed by atoms with E-state index < -0.39 is 10.0 Å². The smallest absolute Gasteiger partial charge is 0.238 e. The van der Waals surface area contributed by atoms with E-state index in [0.29, 0.717) is 23.9 Å². The van der Waals surface area contributed by atoms with E-state index in [0.717, 1.165) is 27.9 Å². The van der Waals surface area contributed by atoms with Gasteiger partial charge < -0.3 is 4.74 Å². The normalized spacial score (nSPS) is 11.5. The summed E-state index contributed by atoms with van der Waals surface area (Å²) in [6, 6.07) is 23.7. The summed E-state index contributed by atoms with van der Waals surface area (Å²) in [6.45, 7) is 0.799. The van der Waals surface area contributed by atoms with Gasteiger partial charge in [0.1, 0.15) is 5.69 Å². The number of aromatic amines is 1. The maximum absolute atomic E-state index is 11.6. The Bertz CT molecular complexity index is 1270. The second-order valence-corrected chi connectivity index (χ2v) is 8.98. The first-order chi connectivity index (χ1) is 14.9. The van der Waals surface area contributed by atoms with Gasteiger partial charge in [-0.15, -0.1) is 0 Å². The molecule has 3 N–H and O–H groups in total. The summed E-state index contributed by atoms with van der Waals surface area (Å²) in [4.78, 5) is 0.0475. The molecule has 0 fully saturated rings. The van der Waals surface area contributed by atoms with Crippen LogP contribution in [0.4, 0.5) is 0 Å². The number of benzene rings is 3. The Morgan fingerprint density at radius 2 is 1.52 bits per heavy atom. The summed E-state index contributed by atoms with van der Waals surface area (Å²) >= 11 is 6.06. The predicted octanol–water partition coefficient (Wildman–Crippen LogP) is 4.76. The Morgan fingerprint density at radius 1 is 0.871 bits per heavy atom. The Morgan fingerprint density at radius 3 is 2.16 bits per heavy atom. The monoisotopic (exact) mass is 453 g/mol. The lowest BCUT2D eigenvalue weighted by atomic mass is 9.99. The lowest BCUT2D eigenvalue weighted by Crippen LogP contribution is -2.11. The highest BCUT2D eigenvalue weighted by molar-refractivity contribution is 7.89. The standard InChI is InChI=1S/C23H20ClN3O3S/c24-19-10-6-17(7-11-19)22-21(15-30-14-16-4-2-1-3-5-16)26-27-23(22)18-8-12-20(13-9-18)31(25,28)29/h1-13H,14-15H2,(H,26,27)(H2,25,28,29). The summed E-state index contributed by atoms with van der Waals surface area (Å²) in [7, 11) is -3.76. The van der Waals surface area contributed by atoms with Gasteiger partial charge >= 0.3 is 0 Å². The zero-order valence-electron chi connectivity index (χ0n) is 16.5. The van der Waals surface area contributed by atoms with Gasteiger partial charge in [-0.2, -0.15) is 5.10 Å². The van der Waals surface area contributed by atoms with Crippen LogP contribution >= 0.6 is 11.6 Å². The average Bonchev–Trinajstić information content (AvgIpc) is 3.18. The number of sulfonamides is 1. The molecule has 8 heteroatoms. The molecule has 0 saturated heterocycles. The predicted molar refractivity (Wildman–Crippen MR) is 121 cm³/mol. The van der Waals surface area contributed by atoms with Gasteiger partial charge in [0.2, 0.25) is 10.0 Å². The topological polar surface area (TPSA) is 98.1 Å². The van der Waals surface area contributed by atoms with Crippen LogP contribution in [0.15, 0.2) is 83.8 Å². The highest BCUT2D eigenvalue weighted by Gasteiger charge is 2.18. The van der Waals surface area contributed by atoms with Crippen LogP contribution in [0, 0.1) is 0 Å². The fraction of sp³-hybridized carbons (Fsp3) is 0.0870. The maximum atomic E-state index is 11.6. The van der Waals surface area contributed by atoms with E-state index in [1.54, 1.807) is 12.1 Å². The van der Waals surface area contributed by atoms with Gasteiger partial charge in [0.15, 0.2) is 0 Å². The second kappa shape index (κ2) is 9.03. The molecule has 0 saturated carbocycles. The lowest BCUT2D eigenvalue weighted by molar-refractivity contribution is 0.105. The summed E-state index contributed by atoms with van der Waals surface area (Å²) in [5.74, 6) is 0. The van der Waals surface area contributed by atoms with E-state index in [1.807, 2.05) is 54.6 Å². The number of halogens is 1. The molecule has 0 amide bonds. The summed E-state index contributed by atoms with van der Waals surface area (Å²) in [5.41, 5.74) is 5.11. The van der Waals surface area contributed by atoms with Gasteiger partial charge in [0, 0.05) is 16.1 Å². The van der Waals surface area contributed by atoms with Crippen molar-refractivity contribution < 1.29 is 13.2 Å². The van der Waals surface area contributed by atoms with E-state index in [9.17, 15) is 8.42 Å². The third-order valence-corrected chi connectivity index (χ3v) is 5.97. The SMILES string of the molecule is NS(=O)(=O)c1ccc(-c2n[nH]c(COCc3ccccc3)c2-c2ccc(Cl)cc2)cc1. The number of H-pyrrole nitrogens is 1. The average molecular weight is 454 g/mol. The minimum Gasteiger partial charge on any atom is -0.370 e. The number of ether oxygens (including phenoxy) is 1. The number of primary sulfonamides is 1. The number of aromatic nitrogens is 2. The largest absolute Gasteiger partial charge is 0.370 e. The zero-order chi connectivity index (χ0) is 21.8. The van der Waals surface area contributed by atoms with Crippen molar-refractivity contribution in [3.63, 3.8) is 0 Å². The van der Waals surface area contributed by atoms with Crippen molar-refractivity contribution in [2.75, 3.05) is 0 Å². The van der Waals surface area contributed by atoms with Crippen molar-refractivity contribution in [1.82, 2.24) is 10.2 Å². The van der Waals surface area contributed by atoms with E-state index >= 15 is 0 Å². The molecule has 0 spiro atoms. The van der Waals surface area contributed by atoms with Gasteiger partial charge in [-0.1, -0.05) is 66.2 Å². The van der Waals surface area contributed by atoms with E-state index in [1.165, 1.54) is 12.1 Å². The molecule has 0 unspecified atom stereocenters. The molecule has 3 aromatic carbocycles. The van der Waals surface area contributed by atoms with Crippen LogP contribution in [0.1, 0.15) is 11.3 Å². The molecule has 0 bridgehead atoms. The molecule has 31 heavy (non-hydrogen) atoms. The second-order valence-electron chi connectivity index (χ2n) is 6.98. The highest BCUT2D eigenvalue weighted by atomic mass is 35.5. The minimum absolute atomic E-state index is 0.0475. The van der Waals surface area contributed by atoms with Gasteiger partial charge in [0.05, 0.1) is 23.8 Å². The first-order valence-corrected chi connectivity index (χ1v) is 11.4. The summed E-state index contributed by atoms with van der Waals surface area (Å²) in [5, 5.41) is 13.4. The molecule has 4 aromatic rings. The number of nitrogens with zero attached hydrogens (tertiary/aromatic N) is 1.